The van der Waals surface area contributed by atoms with Crippen molar-refractivity contribution in [2.24, 2.45) is 0 Å². The maximum atomic E-state index is 11.2. The summed E-state index contributed by atoms with van der Waals surface area (Å²) in [6.45, 7) is 0.866. The van der Waals surface area contributed by atoms with E-state index in [4.69, 9.17) is 0 Å². The van der Waals surface area contributed by atoms with E-state index in [2.05, 4.69) is 28.9 Å². The number of fused-ring (bicyclic) bond motifs is 1. The lowest BCUT2D eigenvalue weighted by Crippen LogP contribution is -2.15. The molecule has 1 N–H and O–H groups in total. The third-order valence-electron chi connectivity index (χ3n) is 2.49. The van der Waals surface area contributed by atoms with E-state index in [-0.39, 0.29) is 5.91 Å². The van der Waals surface area contributed by atoms with Gasteiger partial charge in [-0.25, -0.2) is 0 Å². The smallest absolute Gasteiger partial charge is 0.228 e. The van der Waals surface area contributed by atoms with Crippen LogP contribution in [0.4, 0.5) is 5.69 Å². The van der Waals surface area contributed by atoms with Gasteiger partial charge in [-0.15, -0.1) is 0 Å². The summed E-state index contributed by atoms with van der Waals surface area (Å²) in [6, 6.07) is 6.11. The number of carbonyl (C=O) groups is 1. The van der Waals surface area contributed by atoms with Crippen molar-refractivity contribution in [2.75, 3.05) is 18.2 Å². The molecule has 0 unspecified atom stereocenters. The Balaban J connectivity index is 2.16. The van der Waals surface area contributed by atoms with Crippen LogP contribution in [0, 0.1) is 0 Å². The fraction of sp³-hybridized carbons (Fsp3) is 0.364. The highest BCUT2D eigenvalue weighted by Gasteiger charge is 2.17. The topological polar surface area (TPSA) is 32.3 Å². The van der Waals surface area contributed by atoms with Gasteiger partial charge in [-0.3, -0.25) is 9.69 Å². The Morgan fingerprint density at radius 1 is 1.53 bits per heavy atom. The molecule has 0 aromatic heterocycles. The average molecular weight is 222 g/mol. The molecule has 2 rings (SSSR count). The van der Waals surface area contributed by atoms with E-state index in [0.717, 1.165) is 23.7 Å². The minimum atomic E-state index is 0.0877. The zero-order valence-electron chi connectivity index (χ0n) is 8.66. The van der Waals surface area contributed by atoms with Crippen molar-refractivity contribution in [1.29, 1.82) is 0 Å². The molecule has 0 spiro atoms. The Hall–Kier alpha value is -1.00. The molecule has 0 saturated heterocycles. The van der Waals surface area contributed by atoms with Crippen LogP contribution in [0.15, 0.2) is 18.2 Å². The van der Waals surface area contributed by atoms with Gasteiger partial charge < -0.3 is 5.32 Å². The van der Waals surface area contributed by atoms with Crippen molar-refractivity contribution in [1.82, 2.24) is 4.90 Å². The molecule has 0 atom stereocenters. The van der Waals surface area contributed by atoms with E-state index in [9.17, 15) is 4.79 Å². The van der Waals surface area contributed by atoms with Crippen molar-refractivity contribution in [2.45, 2.75) is 13.0 Å². The molecular formula is C11H14N2OS. The van der Waals surface area contributed by atoms with E-state index in [1.165, 1.54) is 5.56 Å². The number of rotatable bonds is 3. The Morgan fingerprint density at radius 2 is 2.33 bits per heavy atom. The second-order valence-electron chi connectivity index (χ2n) is 3.87. The molecule has 1 aromatic carbocycles. The highest BCUT2D eigenvalue weighted by Crippen LogP contribution is 2.24. The molecule has 0 aliphatic carbocycles. The van der Waals surface area contributed by atoms with Crippen molar-refractivity contribution in [3.63, 3.8) is 0 Å². The van der Waals surface area contributed by atoms with Crippen molar-refractivity contribution in [3.8, 4) is 0 Å². The molecule has 1 amide bonds. The van der Waals surface area contributed by atoms with Crippen LogP contribution in [-0.2, 0) is 17.8 Å². The van der Waals surface area contributed by atoms with Crippen LogP contribution in [0.25, 0.3) is 0 Å². The maximum Gasteiger partial charge on any atom is 0.228 e. The van der Waals surface area contributed by atoms with Crippen molar-refractivity contribution >= 4 is 24.2 Å². The molecule has 0 radical (unpaired) electrons. The van der Waals surface area contributed by atoms with Crippen LogP contribution in [0.2, 0.25) is 0 Å². The molecule has 1 aromatic rings. The largest absolute Gasteiger partial charge is 0.326 e. The molecule has 1 aliphatic rings. The third kappa shape index (κ3) is 2.33. The number of benzene rings is 1. The van der Waals surface area contributed by atoms with Gasteiger partial charge in [-0.05, 0) is 24.2 Å². The molecule has 0 saturated carbocycles. The first kappa shape index (κ1) is 10.5. The fourth-order valence-electron chi connectivity index (χ4n) is 1.74. The lowest BCUT2D eigenvalue weighted by Gasteiger charge is -2.13. The highest BCUT2D eigenvalue weighted by molar-refractivity contribution is 7.80. The second-order valence-corrected chi connectivity index (χ2v) is 4.15. The zero-order valence-corrected chi connectivity index (χ0v) is 9.55. The maximum absolute atomic E-state index is 11.2. The molecule has 1 heterocycles. The Bertz CT molecular complexity index is 392. The zero-order chi connectivity index (χ0) is 10.8. The number of amides is 1. The standard InChI is InChI=1S/C11H14N2OS/c1-13(7-15)6-8-2-3-10-9(4-8)5-11(14)12-10/h2-4,15H,5-7H2,1H3,(H,12,14). The highest BCUT2D eigenvalue weighted by atomic mass is 32.1. The predicted molar refractivity (Wildman–Crippen MR) is 64.1 cm³/mol. The normalized spacial score (nSPS) is 14.2. The Labute approximate surface area is 94.9 Å². The summed E-state index contributed by atoms with van der Waals surface area (Å²) in [5.41, 5.74) is 3.28. The summed E-state index contributed by atoms with van der Waals surface area (Å²) in [6.07, 6.45) is 0.508. The van der Waals surface area contributed by atoms with E-state index in [1.54, 1.807) is 0 Å². The van der Waals surface area contributed by atoms with Gasteiger partial charge in [0.1, 0.15) is 0 Å². The lowest BCUT2D eigenvalue weighted by molar-refractivity contribution is -0.115. The summed E-state index contributed by atoms with van der Waals surface area (Å²) < 4.78 is 0. The van der Waals surface area contributed by atoms with Gasteiger partial charge in [0, 0.05) is 18.1 Å². The minimum Gasteiger partial charge on any atom is -0.326 e. The second kappa shape index (κ2) is 4.24. The first-order chi connectivity index (χ1) is 7.19. The lowest BCUT2D eigenvalue weighted by atomic mass is 10.1. The van der Waals surface area contributed by atoms with Gasteiger partial charge in [-0.1, -0.05) is 12.1 Å². The van der Waals surface area contributed by atoms with Crippen LogP contribution in [0.1, 0.15) is 11.1 Å². The first-order valence-electron chi connectivity index (χ1n) is 4.90. The molecule has 4 heteroatoms. The average Bonchev–Trinajstić information content (AvgIpc) is 2.57. The number of anilines is 1. The Morgan fingerprint density at radius 3 is 3.07 bits per heavy atom. The summed E-state index contributed by atoms with van der Waals surface area (Å²) >= 11 is 4.20. The molecule has 3 nitrogen and oxygen atoms in total. The quantitative estimate of drug-likeness (QED) is 0.600. The monoisotopic (exact) mass is 222 g/mol. The fourth-order valence-corrected chi connectivity index (χ4v) is 1.84. The van der Waals surface area contributed by atoms with E-state index in [1.807, 2.05) is 19.2 Å². The van der Waals surface area contributed by atoms with Gasteiger partial charge in [0.2, 0.25) is 5.91 Å². The SMILES string of the molecule is CN(CS)Cc1ccc2c(c1)CC(=O)N2. The van der Waals surface area contributed by atoms with Crippen LogP contribution in [-0.4, -0.2) is 23.7 Å². The van der Waals surface area contributed by atoms with Crippen molar-refractivity contribution < 1.29 is 4.79 Å². The van der Waals surface area contributed by atoms with E-state index >= 15 is 0 Å². The van der Waals surface area contributed by atoms with Crippen LogP contribution < -0.4 is 5.32 Å². The molecule has 0 fully saturated rings. The number of hydrogen-bond acceptors (Lipinski definition) is 3. The molecule has 15 heavy (non-hydrogen) atoms. The van der Waals surface area contributed by atoms with Crippen LogP contribution in [0.5, 0.6) is 0 Å². The van der Waals surface area contributed by atoms with Gasteiger partial charge in [0.15, 0.2) is 0 Å². The molecule has 1 aliphatic heterocycles. The number of carbonyl (C=O) groups excluding carboxylic acids is 1. The molecule has 0 bridgehead atoms. The molecule has 80 valence electrons. The number of hydrogen-bond donors (Lipinski definition) is 2. The van der Waals surface area contributed by atoms with Gasteiger partial charge in [0.05, 0.1) is 6.42 Å². The van der Waals surface area contributed by atoms with Gasteiger partial charge in [-0.2, -0.15) is 12.6 Å². The Kier molecular flexibility index (Phi) is 2.98. The van der Waals surface area contributed by atoms with E-state index in [0.29, 0.717) is 6.42 Å². The summed E-state index contributed by atoms with van der Waals surface area (Å²) in [4.78, 5) is 13.3. The van der Waals surface area contributed by atoms with Gasteiger partial charge in [0.25, 0.3) is 0 Å². The third-order valence-corrected chi connectivity index (χ3v) is 2.97. The summed E-state index contributed by atoms with van der Waals surface area (Å²) in [7, 11) is 2.02. The predicted octanol–water partition coefficient (Wildman–Crippen LogP) is 1.50. The summed E-state index contributed by atoms with van der Waals surface area (Å²) in [5.74, 6) is 0.818. The number of nitrogens with zero attached hydrogens (tertiary/aromatic N) is 1. The first-order valence-corrected chi connectivity index (χ1v) is 5.53. The molecular weight excluding hydrogens is 208 g/mol. The number of nitrogens with one attached hydrogen (secondary N) is 1. The van der Waals surface area contributed by atoms with Crippen LogP contribution in [0.3, 0.4) is 0 Å². The summed E-state index contributed by atoms with van der Waals surface area (Å²) in [5, 5.41) is 2.82. The number of thiol groups is 1. The van der Waals surface area contributed by atoms with Crippen LogP contribution >= 0.6 is 12.6 Å². The van der Waals surface area contributed by atoms with E-state index < -0.39 is 0 Å². The minimum absolute atomic E-state index is 0.0877. The van der Waals surface area contributed by atoms with Gasteiger partial charge >= 0.3 is 0 Å². The van der Waals surface area contributed by atoms with Crippen molar-refractivity contribution in [3.05, 3.63) is 29.3 Å².